The van der Waals surface area contributed by atoms with Crippen molar-refractivity contribution in [2.75, 3.05) is 7.11 Å². The van der Waals surface area contributed by atoms with Crippen molar-refractivity contribution in [3.8, 4) is 5.75 Å². The molecule has 29 heavy (non-hydrogen) atoms. The number of benzene rings is 3. The molecule has 0 unspecified atom stereocenters. The lowest BCUT2D eigenvalue weighted by molar-refractivity contribution is 0.407. The first kappa shape index (κ1) is 21.3. The number of rotatable bonds is 4. The molecule has 0 fully saturated rings. The molecule has 0 aliphatic rings. The molecule has 0 radical (unpaired) electrons. The van der Waals surface area contributed by atoms with Crippen LogP contribution in [0.5, 0.6) is 5.75 Å². The highest BCUT2D eigenvalue weighted by Gasteiger charge is 2.36. The summed E-state index contributed by atoms with van der Waals surface area (Å²) in [4.78, 5) is 0. The average molecular weight is 424 g/mol. The molecule has 0 saturated carbocycles. The zero-order chi connectivity index (χ0) is 21.5. The molecule has 3 aromatic rings. The molecule has 0 amide bonds. The maximum absolute atomic E-state index is 14.9. The highest BCUT2D eigenvalue weighted by Crippen LogP contribution is 2.17. The van der Waals surface area contributed by atoms with Crippen LogP contribution >= 0.6 is 0 Å². The summed E-state index contributed by atoms with van der Waals surface area (Å²) in [5.74, 6) is -5.88. The Balaban J connectivity index is 2.43. The van der Waals surface area contributed by atoms with Gasteiger partial charge in [0.2, 0.25) is 0 Å². The first-order valence-corrected chi connectivity index (χ1v) is 10.3. The van der Waals surface area contributed by atoms with Gasteiger partial charge in [-0.15, -0.1) is 0 Å². The van der Waals surface area contributed by atoms with E-state index < -0.39 is 53.5 Å². The van der Waals surface area contributed by atoms with Crippen molar-refractivity contribution in [3.63, 3.8) is 0 Å². The van der Waals surface area contributed by atoms with Gasteiger partial charge in [0, 0.05) is 24.3 Å². The Labute approximate surface area is 167 Å². The summed E-state index contributed by atoms with van der Waals surface area (Å²) in [5, 5.41) is 0. The summed E-state index contributed by atoms with van der Waals surface area (Å²) < 4.78 is 90.7. The molecule has 0 aromatic heterocycles. The van der Waals surface area contributed by atoms with Crippen LogP contribution < -0.4 is 18.0 Å². The Morgan fingerprint density at radius 3 is 1.41 bits per heavy atom. The van der Waals surface area contributed by atoms with Crippen molar-refractivity contribution < 1.29 is 31.1 Å². The summed E-state index contributed by atoms with van der Waals surface area (Å²) >= 11 is -3.38. The van der Waals surface area contributed by atoms with Crippen molar-refractivity contribution in [1.29, 1.82) is 0 Å². The number of hydrogen-bond donors (Lipinski definition) is 0. The molecular formula is C21H15AlF6O. The summed E-state index contributed by atoms with van der Waals surface area (Å²) in [6.45, 7) is 2.66. The van der Waals surface area contributed by atoms with Gasteiger partial charge in [-0.3, -0.25) is 0 Å². The quantitative estimate of drug-likeness (QED) is 0.459. The molecular weight excluding hydrogens is 409 g/mol. The lowest BCUT2D eigenvalue weighted by Gasteiger charge is -2.20. The Morgan fingerprint density at radius 2 is 1.03 bits per heavy atom. The van der Waals surface area contributed by atoms with Crippen LogP contribution in [0, 0.1) is 48.8 Å². The van der Waals surface area contributed by atoms with Crippen molar-refractivity contribution in [2.24, 2.45) is 0 Å². The molecule has 1 nitrogen and oxygen atoms in total. The van der Waals surface area contributed by atoms with Crippen molar-refractivity contribution in [2.45, 2.75) is 13.8 Å². The van der Waals surface area contributed by atoms with E-state index in [1.807, 2.05) is 0 Å². The summed E-state index contributed by atoms with van der Waals surface area (Å²) in [6, 6.07) is 5.05. The van der Waals surface area contributed by atoms with Crippen LogP contribution in [-0.4, -0.2) is 21.3 Å². The summed E-state index contributed by atoms with van der Waals surface area (Å²) in [6.07, 6.45) is 0. The van der Waals surface area contributed by atoms with Crippen LogP contribution in [0.15, 0.2) is 36.4 Å². The fraction of sp³-hybridized carbons (Fsp3) is 0.143. The Morgan fingerprint density at radius 1 is 0.621 bits per heavy atom. The smallest absolute Gasteiger partial charge is 0.394 e. The SMILES string of the molecule is COc1cc(F)[c]([Al]([c]2cc(F)cc(F)c2C)[c]2cc(F)cc(F)c2C)c(F)c1. The van der Waals surface area contributed by atoms with E-state index in [0.29, 0.717) is 12.1 Å². The Kier molecular flexibility index (Phi) is 5.97. The molecule has 0 N–H and O–H groups in total. The van der Waals surface area contributed by atoms with E-state index in [1.165, 1.54) is 21.0 Å². The van der Waals surface area contributed by atoms with E-state index in [0.717, 1.165) is 24.3 Å². The van der Waals surface area contributed by atoms with Gasteiger partial charge in [-0.1, -0.05) is 8.85 Å². The molecule has 8 heteroatoms. The molecule has 0 aliphatic carbocycles. The molecule has 0 aliphatic heterocycles. The number of methoxy groups -OCH3 is 1. The zero-order valence-electron chi connectivity index (χ0n) is 15.7. The Hall–Kier alpha value is -2.43. The van der Waals surface area contributed by atoms with Gasteiger partial charge in [0.25, 0.3) is 0 Å². The predicted octanol–water partition coefficient (Wildman–Crippen LogP) is 3.66. The zero-order valence-corrected chi connectivity index (χ0v) is 16.9. The molecule has 0 heterocycles. The third-order valence-electron chi connectivity index (χ3n) is 4.90. The average Bonchev–Trinajstić information content (AvgIpc) is 2.64. The lowest BCUT2D eigenvalue weighted by Crippen LogP contribution is -2.57. The first-order valence-electron chi connectivity index (χ1n) is 8.58. The summed E-state index contributed by atoms with van der Waals surface area (Å²) in [7, 11) is 1.22. The van der Waals surface area contributed by atoms with Crippen LogP contribution in [0.25, 0.3) is 0 Å². The molecule has 0 saturated heterocycles. The van der Waals surface area contributed by atoms with Gasteiger partial charge >= 0.3 is 14.1 Å². The highest BCUT2D eigenvalue weighted by atomic mass is 27.2. The largest absolute Gasteiger partial charge is 0.497 e. The van der Waals surface area contributed by atoms with Gasteiger partial charge in [0.05, 0.1) is 7.11 Å². The topological polar surface area (TPSA) is 9.23 Å². The number of hydrogen-bond acceptors (Lipinski definition) is 1. The van der Waals surface area contributed by atoms with Crippen molar-refractivity contribution in [3.05, 3.63) is 82.4 Å². The number of halogens is 6. The van der Waals surface area contributed by atoms with E-state index in [-0.39, 0.29) is 25.7 Å². The molecule has 3 aromatic carbocycles. The second-order valence-electron chi connectivity index (χ2n) is 6.64. The molecule has 0 spiro atoms. The third kappa shape index (κ3) is 4.00. The van der Waals surface area contributed by atoms with Gasteiger partial charge < -0.3 is 4.74 Å². The third-order valence-corrected chi connectivity index (χ3v) is 8.47. The molecule has 150 valence electrons. The molecule has 0 bridgehead atoms. The minimum Gasteiger partial charge on any atom is -0.497 e. The first-order chi connectivity index (χ1) is 13.6. The number of ether oxygens (including phenoxy) is 1. The maximum Gasteiger partial charge on any atom is 0.394 e. The minimum atomic E-state index is -3.38. The minimum absolute atomic E-state index is 0.0152. The van der Waals surface area contributed by atoms with E-state index in [1.54, 1.807) is 0 Å². The fourth-order valence-electron chi connectivity index (χ4n) is 3.36. The standard InChI is InChI=1S/C7H5F2O.2C7H5F2.Al/c1-10-7-3-5(8)2-6(9)4-7;2*1-5-2-3-6(8)4-7(5)9;/h3-4H,1H3;2*3-4H,1H3;. The van der Waals surface area contributed by atoms with Crippen molar-refractivity contribution in [1.82, 2.24) is 0 Å². The van der Waals surface area contributed by atoms with Crippen molar-refractivity contribution >= 4 is 27.4 Å². The van der Waals surface area contributed by atoms with E-state index in [4.69, 9.17) is 4.74 Å². The van der Waals surface area contributed by atoms with E-state index >= 15 is 0 Å². The van der Waals surface area contributed by atoms with Crippen LogP contribution in [0.3, 0.4) is 0 Å². The Bertz CT molecular complexity index is 1020. The van der Waals surface area contributed by atoms with Gasteiger partial charge in [-0.25, -0.2) is 26.3 Å². The predicted molar refractivity (Wildman–Crippen MR) is 99.8 cm³/mol. The fourth-order valence-corrected chi connectivity index (χ4v) is 6.83. The second-order valence-corrected chi connectivity index (χ2v) is 9.33. The normalized spacial score (nSPS) is 10.9. The van der Waals surface area contributed by atoms with E-state index in [9.17, 15) is 26.3 Å². The second kappa shape index (κ2) is 8.13. The van der Waals surface area contributed by atoms with Gasteiger partial charge in [-0.2, -0.15) is 0 Å². The van der Waals surface area contributed by atoms with Crippen LogP contribution in [0.4, 0.5) is 26.3 Å². The van der Waals surface area contributed by atoms with Gasteiger partial charge in [0.1, 0.15) is 40.7 Å². The van der Waals surface area contributed by atoms with E-state index in [2.05, 4.69) is 0 Å². The van der Waals surface area contributed by atoms with Gasteiger partial charge in [0.15, 0.2) is 0 Å². The maximum atomic E-state index is 14.9. The monoisotopic (exact) mass is 424 g/mol. The van der Waals surface area contributed by atoms with Crippen LogP contribution in [0.2, 0.25) is 0 Å². The van der Waals surface area contributed by atoms with Crippen LogP contribution in [-0.2, 0) is 0 Å². The summed E-state index contributed by atoms with van der Waals surface area (Å²) in [5.41, 5.74) is -0.0801. The lowest BCUT2D eigenvalue weighted by atomic mass is 10.2. The van der Waals surface area contributed by atoms with Crippen LogP contribution in [0.1, 0.15) is 11.1 Å². The van der Waals surface area contributed by atoms with Gasteiger partial charge in [-0.05, 0) is 41.5 Å². The molecule has 3 rings (SSSR count). The molecule has 0 atom stereocenters. The highest BCUT2D eigenvalue weighted by molar-refractivity contribution is 6.96.